The van der Waals surface area contributed by atoms with E-state index < -0.39 is 0 Å². The molecule has 2 aliphatic rings. The third kappa shape index (κ3) is 3.67. The molecule has 2 atom stereocenters. The summed E-state index contributed by atoms with van der Waals surface area (Å²) in [6, 6.07) is 8.14. The maximum Gasteiger partial charge on any atom is 0.251 e. The molecule has 0 spiro atoms. The van der Waals surface area contributed by atoms with E-state index in [0.717, 1.165) is 48.1 Å². The van der Waals surface area contributed by atoms with E-state index in [9.17, 15) is 14.4 Å². The number of nitrogens with zero attached hydrogens (tertiary/aromatic N) is 2. The standard InChI is InChI=1S/C21H26N4O3/c1-2-14-10-15-4-3-13(9-18(15)23-20(14)27)12-24-5-7-25(8-6-24)21(28)17-11-16(17)19(22)26/h3-4,9-10,16-17H,2,5-8,11-12H2,1H3,(H2,22,26)(H,23,27). The van der Waals surface area contributed by atoms with Crippen LogP contribution >= 0.6 is 0 Å². The van der Waals surface area contributed by atoms with E-state index in [0.29, 0.717) is 19.5 Å². The van der Waals surface area contributed by atoms with E-state index in [1.54, 1.807) is 0 Å². The van der Waals surface area contributed by atoms with Crippen molar-refractivity contribution in [2.75, 3.05) is 26.2 Å². The number of H-pyrrole nitrogens is 1. The van der Waals surface area contributed by atoms with Gasteiger partial charge in [-0.3, -0.25) is 19.3 Å². The zero-order chi connectivity index (χ0) is 19.8. The molecule has 2 unspecified atom stereocenters. The summed E-state index contributed by atoms with van der Waals surface area (Å²) < 4.78 is 0. The SMILES string of the molecule is CCc1cc2ccc(CN3CCN(C(=O)C4CC4C(N)=O)CC3)cc2[nH]c1=O. The number of aromatic nitrogens is 1. The fourth-order valence-corrected chi connectivity index (χ4v) is 4.06. The van der Waals surface area contributed by atoms with Crippen molar-refractivity contribution in [2.45, 2.75) is 26.3 Å². The second kappa shape index (κ2) is 7.39. The average molecular weight is 382 g/mol. The Balaban J connectivity index is 1.36. The molecule has 2 aromatic rings. The number of carbonyl (C=O) groups is 2. The summed E-state index contributed by atoms with van der Waals surface area (Å²) in [5.74, 6) is -0.760. The molecular formula is C21H26N4O3. The van der Waals surface area contributed by atoms with Crippen LogP contribution in [0, 0.1) is 11.8 Å². The predicted octanol–water partition coefficient (Wildman–Crippen LogP) is 0.856. The number of fused-ring (bicyclic) bond motifs is 1. The maximum absolute atomic E-state index is 12.4. The number of amides is 2. The Morgan fingerprint density at radius 1 is 1.14 bits per heavy atom. The van der Waals surface area contributed by atoms with Gasteiger partial charge in [0.25, 0.3) is 5.56 Å². The number of hydrogen-bond donors (Lipinski definition) is 2. The number of piperazine rings is 1. The molecule has 2 heterocycles. The van der Waals surface area contributed by atoms with Crippen molar-refractivity contribution in [1.82, 2.24) is 14.8 Å². The molecule has 1 saturated heterocycles. The second-order valence-electron chi connectivity index (χ2n) is 7.85. The van der Waals surface area contributed by atoms with E-state index >= 15 is 0 Å². The molecule has 148 valence electrons. The third-order valence-electron chi connectivity index (χ3n) is 5.93. The van der Waals surface area contributed by atoms with Crippen LogP contribution in [0.2, 0.25) is 0 Å². The van der Waals surface area contributed by atoms with Crippen molar-refractivity contribution in [1.29, 1.82) is 0 Å². The van der Waals surface area contributed by atoms with Crippen molar-refractivity contribution in [3.8, 4) is 0 Å². The number of aromatic amines is 1. The molecule has 1 aromatic carbocycles. The molecule has 2 amide bonds. The van der Waals surface area contributed by atoms with Crippen LogP contribution < -0.4 is 11.3 Å². The van der Waals surface area contributed by atoms with Crippen LogP contribution in [0.5, 0.6) is 0 Å². The molecule has 4 rings (SSSR count). The Kier molecular flexibility index (Phi) is 4.93. The molecule has 1 saturated carbocycles. The largest absolute Gasteiger partial charge is 0.369 e. The summed E-state index contributed by atoms with van der Waals surface area (Å²) in [6.07, 6.45) is 1.32. The first-order valence-corrected chi connectivity index (χ1v) is 9.91. The van der Waals surface area contributed by atoms with Gasteiger partial charge in [-0.25, -0.2) is 0 Å². The van der Waals surface area contributed by atoms with Gasteiger partial charge in [-0.05, 0) is 35.9 Å². The normalized spacial score (nSPS) is 22.4. The number of aryl methyl sites for hydroxylation is 1. The van der Waals surface area contributed by atoms with Crippen molar-refractivity contribution in [3.05, 3.63) is 45.7 Å². The molecule has 0 bridgehead atoms. The Labute approximate surface area is 163 Å². The predicted molar refractivity (Wildman–Crippen MR) is 107 cm³/mol. The monoisotopic (exact) mass is 382 g/mol. The fourth-order valence-electron chi connectivity index (χ4n) is 4.06. The van der Waals surface area contributed by atoms with Gasteiger partial charge in [-0.1, -0.05) is 19.1 Å². The molecule has 2 fully saturated rings. The maximum atomic E-state index is 12.4. The minimum Gasteiger partial charge on any atom is -0.369 e. The Bertz CT molecular complexity index is 975. The van der Waals surface area contributed by atoms with E-state index in [1.165, 1.54) is 0 Å². The van der Waals surface area contributed by atoms with Crippen molar-refractivity contribution >= 4 is 22.7 Å². The van der Waals surface area contributed by atoms with Gasteiger partial charge in [0.15, 0.2) is 0 Å². The summed E-state index contributed by atoms with van der Waals surface area (Å²) in [5, 5.41) is 1.05. The summed E-state index contributed by atoms with van der Waals surface area (Å²) in [7, 11) is 0. The Hall–Kier alpha value is -2.67. The van der Waals surface area contributed by atoms with Crippen LogP contribution in [-0.4, -0.2) is 52.8 Å². The van der Waals surface area contributed by atoms with Gasteiger partial charge in [-0.15, -0.1) is 0 Å². The van der Waals surface area contributed by atoms with Crippen LogP contribution in [0.25, 0.3) is 10.9 Å². The number of carbonyl (C=O) groups excluding carboxylic acids is 2. The van der Waals surface area contributed by atoms with Crippen LogP contribution in [0.15, 0.2) is 29.1 Å². The van der Waals surface area contributed by atoms with E-state index in [4.69, 9.17) is 5.73 Å². The average Bonchev–Trinajstić information content (AvgIpc) is 3.48. The second-order valence-corrected chi connectivity index (χ2v) is 7.85. The van der Waals surface area contributed by atoms with Crippen LogP contribution in [0.4, 0.5) is 0 Å². The highest BCUT2D eigenvalue weighted by atomic mass is 16.2. The summed E-state index contributed by atoms with van der Waals surface area (Å²) in [5.41, 5.74) is 8.07. The molecule has 1 aromatic heterocycles. The number of rotatable bonds is 5. The molecular weight excluding hydrogens is 356 g/mol. The van der Waals surface area contributed by atoms with Gasteiger partial charge in [-0.2, -0.15) is 0 Å². The summed E-state index contributed by atoms with van der Waals surface area (Å²) in [6.45, 7) is 5.69. The van der Waals surface area contributed by atoms with E-state index in [2.05, 4.69) is 22.0 Å². The van der Waals surface area contributed by atoms with Crippen LogP contribution in [0.1, 0.15) is 24.5 Å². The lowest BCUT2D eigenvalue weighted by Gasteiger charge is -2.35. The number of benzene rings is 1. The number of nitrogens with one attached hydrogen (secondary N) is 1. The highest BCUT2D eigenvalue weighted by Gasteiger charge is 2.48. The highest BCUT2D eigenvalue weighted by Crippen LogP contribution is 2.39. The Morgan fingerprint density at radius 2 is 1.89 bits per heavy atom. The molecule has 0 radical (unpaired) electrons. The number of primary amides is 1. The molecule has 1 aliphatic carbocycles. The Morgan fingerprint density at radius 3 is 2.54 bits per heavy atom. The van der Waals surface area contributed by atoms with Gasteiger partial charge in [0.05, 0.1) is 11.8 Å². The zero-order valence-electron chi connectivity index (χ0n) is 16.1. The highest BCUT2D eigenvalue weighted by molar-refractivity contribution is 5.91. The number of pyridine rings is 1. The third-order valence-corrected chi connectivity index (χ3v) is 5.93. The van der Waals surface area contributed by atoms with Crippen molar-refractivity contribution < 1.29 is 9.59 Å². The molecule has 28 heavy (non-hydrogen) atoms. The first kappa shape index (κ1) is 18.7. The molecule has 7 nitrogen and oxygen atoms in total. The lowest BCUT2D eigenvalue weighted by atomic mass is 10.1. The fraction of sp³-hybridized carbons (Fsp3) is 0.476. The van der Waals surface area contributed by atoms with E-state index in [1.807, 2.05) is 24.0 Å². The van der Waals surface area contributed by atoms with Gasteiger partial charge < -0.3 is 15.6 Å². The molecule has 3 N–H and O–H groups in total. The van der Waals surface area contributed by atoms with Crippen molar-refractivity contribution in [3.63, 3.8) is 0 Å². The molecule has 1 aliphatic heterocycles. The smallest absolute Gasteiger partial charge is 0.251 e. The van der Waals surface area contributed by atoms with Gasteiger partial charge >= 0.3 is 0 Å². The first-order chi connectivity index (χ1) is 13.5. The van der Waals surface area contributed by atoms with Gasteiger partial charge in [0.2, 0.25) is 11.8 Å². The lowest BCUT2D eigenvalue weighted by Crippen LogP contribution is -2.49. The van der Waals surface area contributed by atoms with Gasteiger partial charge in [0.1, 0.15) is 0 Å². The quantitative estimate of drug-likeness (QED) is 0.801. The van der Waals surface area contributed by atoms with Crippen LogP contribution in [-0.2, 0) is 22.6 Å². The minimum atomic E-state index is -0.364. The minimum absolute atomic E-state index is 0.0198. The lowest BCUT2D eigenvalue weighted by molar-refractivity contribution is -0.136. The molecule has 7 heteroatoms. The summed E-state index contributed by atoms with van der Waals surface area (Å²) >= 11 is 0. The van der Waals surface area contributed by atoms with E-state index in [-0.39, 0.29) is 29.2 Å². The first-order valence-electron chi connectivity index (χ1n) is 9.91. The number of nitrogens with two attached hydrogens (primary N) is 1. The van der Waals surface area contributed by atoms with Crippen LogP contribution in [0.3, 0.4) is 0 Å². The van der Waals surface area contributed by atoms with Crippen molar-refractivity contribution in [2.24, 2.45) is 17.6 Å². The zero-order valence-corrected chi connectivity index (χ0v) is 16.1. The topological polar surface area (TPSA) is 99.5 Å². The summed E-state index contributed by atoms with van der Waals surface area (Å²) in [4.78, 5) is 42.8. The number of hydrogen-bond acceptors (Lipinski definition) is 4. The van der Waals surface area contributed by atoms with Gasteiger partial charge in [0, 0.05) is 43.8 Å².